The molecule has 2 nitrogen and oxygen atoms in total. The summed E-state index contributed by atoms with van der Waals surface area (Å²) in [4.78, 5) is 0. The highest BCUT2D eigenvalue weighted by molar-refractivity contribution is 7.26. The maximum Gasteiger partial charge on any atom is 0.0614 e. The molecule has 0 bridgehead atoms. The SMILES string of the molecule is c1ccc(-n2c3ccccc3c3cc4c(cc32)c2c3ccccc3cn2c2ccc3sc5ccccc5c3c42)cc1. The summed E-state index contributed by atoms with van der Waals surface area (Å²) in [5.74, 6) is 0. The van der Waals surface area contributed by atoms with Gasteiger partial charge in [-0.15, -0.1) is 11.3 Å². The molecular weight excluding hydrogens is 516 g/mol. The molecule has 0 radical (unpaired) electrons. The van der Waals surface area contributed by atoms with E-state index in [1.165, 1.54) is 85.6 Å². The molecule has 3 heteroatoms. The first kappa shape index (κ1) is 21.7. The molecule has 6 aromatic carbocycles. The van der Waals surface area contributed by atoms with Crippen LogP contribution in [0.5, 0.6) is 0 Å². The average molecular weight is 539 g/mol. The van der Waals surface area contributed by atoms with Crippen LogP contribution < -0.4 is 0 Å². The molecule has 0 aliphatic heterocycles. The minimum absolute atomic E-state index is 1.18. The van der Waals surface area contributed by atoms with Crippen LogP contribution in [-0.4, -0.2) is 8.97 Å². The van der Waals surface area contributed by atoms with Gasteiger partial charge in [0.1, 0.15) is 0 Å². The number of thiophene rings is 1. The highest BCUT2D eigenvalue weighted by Crippen LogP contribution is 2.45. The molecule has 0 aliphatic rings. The molecule has 0 unspecified atom stereocenters. The van der Waals surface area contributed by atoms with Crippen LogP contribution in [0.25, 0.3) is 85.6 Å². The molecular formula is C38H22N2S. The van der Waals surface area contributed by atoms with Crippen LogP contribution in [0.15, 0.2) is 134 Å². The van der Waals surface area contributed by atoms with Crippen LogP contribution in [0, 0.1) is 0 Å². The predicted molar refractivity (Wildman–Crippen MR) is 177 cm³/mol. The number of aromatic nitrogens is 2. The Morgan fingerprint density at radius 2 is 1.20 bits per heavy atom. The van der Waals surface area contributed by atoms with Gasteiger partial charge in [0.15, 0.2) is 0 Å². The smallest absolute Gasteiger partial charge is 0.0614 e. The van der Waals surface area contributed by atoms with E-state index < -0.39 is 0 Å². The lowest BCUT2D eigenvalue weighted by Crippen LogP contribution is -1.94. The fourth-order valence-electron chi connectivity index (χ4n) is 7.18. The monoisotopic (exact) mass is 538 g/mol. The Morgan fingerprint density at radius 3 is 2.10 bits per heavy atom. The minimum atomic E-state index is 1.18. The number of nitrogens with zero attached hydrogens (tertiary/aromatic N) is 2. The van der Waals surface area contributed by atoms with E-state index in [0.29, 0.717) is 0 Å². The summed E-state index contributed by atoms with van der Waals surface area (Å²) >= 11 is 1.89. The summed E-state index contributed by atoms with van der Waals surface area (Å²) in [5, 5.41) is 11.8. The van der Waals surface area contributed by atoms with Crippen molar-refractivity contribution in [2.24, 2.45) is 0 Å². The van der Waals surface area contributed by atoms with Crippen molar-refractivity contribution in [2.45, 2.75) is 0 Å². The molecule has 4 heterocycles. The van der Waals surface area contributed by atoms with Gasteiger partial charge in [0.25, 0.3) is 0 Å². The highest BCUT2D eigenvalue weighted by Gasteiger charge is 2.20. The normalized spacial score (nSPS) is 12.4. The molecule has 0 spiro atoms. The summed E-state index contributed by atoms with van der Waals surface area (Å²) in [5.41, 5.74) is 6.18. The molecule has 0 fully saturated rings. The lowest BCUT2D eigenvalue weighted by Gasteiger charge is -2.13. The fraction of sp³-hybridized carbons (Fsp3) is 0. The van der Waals surface area contributed by atoms with Crippen molar-refractivity contribution in [1.82, 2.24) is 8.97 Å². The van der Waals surface area contributed by atoms with E-state index >= 15 is 0 Å². The van der Waals surface area contributed by atoms with Gasteiger partial charge in [-0.1, -0.05) is 78.9 Å². The van der Waals surface area contributed by atoms with Gasteiger partial charge in [-0.05, 0) is 53.9 Å². The van der Waals surface area contributed by atoms with Crippen molar-refractivity contribution < 1.29 is 0 Å². The molecule has 0 N–H and O–H groups in total. The summed E-state index contributed by atoms with van der Waals surface area (Å²) < 4.78 is 7.54. The first-order valence-corrected chi connectivity index (χ1v) is 14.8. The van der Waals surface area contributed by atoms with E-state index in [-0.39, 0.29) is 0 Å². The Morgan fingerprint density at radius 1 is 0.439 bits per heavy atom. The quantitative estimate of drug-likeness (QED) is 0.184. The summed E-state index contributed by atoms with van der Waals surface area (Å²) in [7, 11) is 0. The Bertz CT molecular complexity index is 2690. The fourth-order valence-corrected chi connectivity index (χ4v) is 8.29. The number of rotatable bonds is 1. The Kier molecular flexibility index (Phi) is 4.10. The van der Waals surface area contributed by atoms with Crippen molar-refractivity contribution in [3.8, 4) is 5.69 Å². The topological polar surface area (TPSA) is 9.34 Å². The number of benzene rings is 6. The van der Waals surface area contributed by atoms with Crippen molar-refractivity contribution >= 4 is 91.3 Å². The molecule has 0 amide bonds. The average Bonchev–Trinajstić information content (AvgIpc) is 3.70. The van der Waals surface area contributed by atoms with Crippen molar-refractivity contribution in [2.75, 3.05) is 0 Å². The van der Waals surface area contributed by atoms with Crippen LogP contribution in [0.3, 0.4) is 0 Å². The van der Waals surface area contributed by atoms with Crippen molar-refractivity contribution in [3.63, 3.8) is 0 Å². The highest BCUT2D eigenvalue weighted by atomic mass is 32.1. The zero-order valence-electron chi connectivity index (χ0n) is 22.0. The summed E-state index contributed by atoms with van der Waals surface area (Å²) in [6.45, 7) is 0. The summed E-state index contributed by atoms with van der Waals surface area (Å²) in [6, 6.07) is 46.8. The Hall–Kier alpha value is -5.12. The molecule has 190 valence electrons. The van der Waals surface area contributed by atoms with Gasteiger partial charge in [-0.3, -0.25) is 0 Å². The molecule has 41 heavy (non-hydrogen) atoms. The second-order valence-corrected chi connectivity index (χ2v) is 12.1. The molecule has 10 aromatic rings. The maximum absolute atomic E-state index is 2.47. The number of fused-ring (bicyclic) bond motifs is 15. The van der Waals surface area contributed by atoms with Crippen LogP contribution in [-0.2, 0) is 0 Å². The molecule has 4 aromatic heterocycles. The van der Waals surface area contributed by atoms with Crippen LogP contribution in [0.4, 0.5) is 0 Å². The first-order valence-electron chi connectivity index (χ1n) is 14.0. The van der Waals surface area contributed by atoms with E-state index in [0.717, 1.165) is 0 Å². The maximum atomic E-state index is 2.47. The molecule has 10 rings (SSSR count). The molecule has 0 saturated carbocycles. The number of hydrogen-bond acceptors (Lipinski definition) is 1. The van der Waals surface area contributed by atoms with Crippen LogP contribution in [0.1, 0.15) is 0 Å². The van der Waals surface area contributed by atoms with Gasteiger partial charge >= 0.3 is 0 Å². The zero-order valence-corrected chi connectivity index (χ0v) is 22.8. The van der Waals surface area contributed by atoms with E-state index in [1.807, 2.05) is 11.3 Å². The second kappa shape index (κ2) is 7.75. The lowest BCUT2D eigenvalue weighted by molar-refractivity contribution is 1.18. The number of para-hydroxylation sites is 2. The standard InChI is InChI=1S/C38H22N2S/c1-2-11-24(12-3-1)40-31-16-8-6-14-26(31)28-20-29-30(21-33(28)40)38-25-13-5-4-10-23(25)22-39(38)32-18-19-35-37(36(29)32)27-15-7-9-17-34(27)41-35/h1-22H. The van der Waals surface area contributed by atoms with E-state index in [4.69, 9.17) is 0 Å². The zero-order chi connectivity index (χ0) is 26.7. The van der Waals surface area contributed by atoms with E-state index in [2.05, 4.69) is 143 Å². The third-order valence-electron chi connectivity index (χ3n) is 8.86. The predicted octanol–water partition coefficient (Wildman–Crippen LogP) is 10.9. The van der Waals surface area contributed by atoms with E-state index in [9.17, 15) is 0 Å². The van der Waals surface area contributed by atoms with Gasteiger partial charge in [0.05, 0.1) is 22.1 Å². The van der Waals surface area contributed by atoms with Crippen molar-refractivity contribution in [1.29, 1.82) is 0 Å². The van der Waals surface area contributed by atoms with E-state index in [1.54, 1.807) is 0 Å². The number of pyridine rings is 1. The minimum Gasteiger partial charge on any atom is -0.315 e. The van der Waals surface area contributed by atoms with Crippen LogP contribution >= 0.6 is 11.3 Å². The van der Waals surface area contributed by atoms with Gasteiger partial charge in [-0.25, -0.2) is 0 Å². The second-order valence-electron chi connectivity index (χ2n) is 11.0. The van der Waals surface area contributed by atoms with Gasteiger partial charge < -0.3 is 8.97 Å². The Balaban J connectivity index is 1.54. The summed E-state index contributed by atoms with van der Waals surface area (Å²) in [6.07, 6.45) is 2.32. The Labute approximate surface area is 238 Å². The number of hydrogen-bond donors (Lipinski definition) is 0. The van der Waals surface area contributed by atoms with Gasteiger partial charge in [0.2, 0.25) is 0 Å². The van der Waals surface area contributed by atoms with Crippen molar-refractivity contribution in [3.05, 3.63) is 134 Å². The lowest BCUT2D eigenvalue weighted by atomic mass is 9.97. The molecule has 0 atom stereocenters. The largest absolute Gasteiger partial charge is 0.315 e. The van der Waals surface area contributed by atoms with Crippen LogP contribution in [0.2, 0.25) is 0 Å². The first-order chi connectivity index (χ1) is 20.3. The van der Waals surface area contributed by atoms with Gasteiger partial charge in [-0.2, -0.15) is 0 Å². The molecule has 0 aliphatic carbocycles. The third-order valence-corrected chi connectivity index (χ3v) is 9.99. The third kappa shape index (κ3) is 2.76. The van der Waals surface area contributed by atoms with Gasteiger partial charge in [0, 0.05) is 64.4 Å². The molecule has 0 saturated heterocycles.